The minimum atomic E-state index is 0.728. The van der Waals surface area contributed by atoms with Gasteiger partial charge in [-0.05, 0) is 81.1 Å². The van der Waals surface area contributed by atoms with Gasteiger partial charge in [0.2, 0.25) is 0 Å². The highest BCUT2D eigenvalue weighted by Crippen LogP contribution is 2.62. The monoisotopic (exact) mass is 233 g/mol. The van der Waals surface area contributed by atoms with Crippen LogP contribution in [-0.2, 0) is 0 Å². The molecule has 4 bridgehead atoms. The minimum Gasteiger partial charge on any atom is -0.316 e. The van der Waals surface area contributed by atoms with E-state index >= 15 is 0 Å². The molecule has 0 aromatic heterocycles. The van der Waals surface area contributed by atoms with Crippen LogP contribution in [0.25, 0.3) is 0 Å². The first-order valence-electron chi connectivity index (χ1n) is 7.95. The second-order valence-electron chi connectivity index (χ2n) is 7.80. The van der Waals surface area contributed by atoms with Crippen LogP contribution in [0.3, 0.4) is 0 Å². The summed E-state index contributed by atoms with van der Waals surface area (Å²) in [5.41, 5.74) is 0.728. The number of nitrogens with one attached hydrogen (secondary N) is 1. The summed E-state index contributed by atoms with van der Waals surface area (Å²) in [6.07, 6.45) is 14.0. The van der Waals surface area contributed by atoms with Gasteiger partial charge in [0.1, 0.15) is 0 Å². The Morgan fingerprint density at radius 3 is 1.94 bits per heavy atom. The molecule has 0 heterocycles. The van der Waals surface area contributed by atoms with Gasteiger partial charge in [0.15, 0.2) is 0 Å². The molecule has 5 fully saturated rings. The van der Waals surface area contributed by atoms with Crippen molar-refractivity contribution in [3.05, 3.63) is 0 Å². The van der Waals surface area contributed by atoms with Crippen LogP contribution in [0.4, 0.5) is 0 Å². The van der Waals surface area contributed by atoms with E-state index in [1.54, 1.807) is 38.5 Å². The van der Waals surface area contributed by atoms with E-state index in [9.17, 15) is 0 Å². The Labute approximate surface area is 106 Å². The summed E-state index contributed by atoms with van der Waals surface area (Å²) in [6, 6.07) is 0.850. The molecule has 1 unspecified atom stereocenters. The Morgan fingerprint density at radius 2 is 1.53 bits per heavy atom. The van der Waals surface area contributed by atoms with Crippen molar-refractivity contribution >= 4 is 0 Å². The Balaban J connectivity index is 1.57. The first-order valence-corrected chi connectivity index (χ1v) is 7.95. The van der Waals surface area contributed by atoms with Crippen molar-refractivity contribution in [1.82, 2.24) is 5.32 Å². The van der Waals surface area contributed by atoms with Crippen LogP contribution in [0.15, 0.2) is 0 Å². The van der Waals surface area contributed by atoms with Gasteiger partial charge in [0.05, 0.1) is 0 Å². The smallest absolute Gasteiger partial charge is 0.0123 e. The van der Waals surface area contributed by atoms with E-state index in [0.29, 0.717) is 0 Å². The van der Waals surface area contributed by atoms with E-state index in [4.69, 9.17) is 0 Å². The normalized spacial score (nSPS) is 49.6. The molecule has 0 saturated heterocycles. The second kappa shape index (κ2) is 3.73. The third-order valence-electron chi connectivity index (χ3n) is 6.44. The number of hydrogen-bond donors (Lipinski definition) is 1. The summed E-state index contributed by atoms with van der Waals surface area (Å²) in [7, 11) is 2.23. The average Bonchev–Trinajstić information content (AvgIpc) is 3.07. The minimum absolute atomic E-state index is 0.728. The molecule has 1 atom stereocenters. The fourth-order valence-corrected chi connectivity index (χ4v) is 5.97. The molecule has 5 aliphatic carbocycles. The zero-order valence-corrected chi connectivity index (χ0v) is 11.3. The van der Waals surface area contributed by atoms with E-state index in [1.165, 1.54) is 19.3 Å². The molecular weight excluding hydrogens is 206 g/mol. The third-order valence-corrected chi connectivity index (χ3v) is 6.44. The Kier molecular flexibility index (Phi) is 2.38. The van der Waals surface area contributed by atoms with Gasteiger partial charge in [0, 0.05) is 6.04 Å². The van der Waals surface area contributed by atoms with Crippen molar-refractivity contribution in [2.45, 2.75) is 63.8 Å². The van der Waals surface area contributed by atoms with Crippen LogP contribution in [0.2, 0.25) is 0 Å². The second-order valence-corrected chi connectivity index (χ2v) is 7.80. The molecule has 1 heteroatoms. The molecule has 5 aliphatic rings. The molecule has 0 aromatic rings. The summed E-state index contributed by atoms with van der Waals surface area (Å²) in [5, 5.41) is 3.73. The van der Waals surface area contributed by atoms with Crippen LogP contribution in [-0.4, -0.2) is 13.1 Å². The number of hydrogen-bond acceptors (Lipinski definition) is 1. The molecule has 0 amide bonds. The lowest BCUT2D eigenvalue weighted by Crippen LogP contribution is -2.55. The largest absolute Gasteiger partial charge is 0.316 e. The molecule has 0 radical (unpaired) electrons. The third kappa shape index (κ3) is 1.77. The van der Waals surface area contributed by atoms with Gasteiger partial charge in [0.25, 0.3) is 0 Å². The lowest BCUT2D eigenvalue weighted by atomic mass is 9.47. The van der Waals surface area contributed by atoms with Crippen molar-refractivity contribution in [2.75, 3.05) is 7.05 Å². The first-order chi connectivity index (χ1) is 8.27. The summed E-state index contributed by atoms with van der Waals surface area (Å²) < 4.78 is 0. The first kappa shape index (κ1) is 10.8. The molecule has 5 rings (SSSR count). The van der Waals surface area contributed by atoms with Gasteiger partial charge in [-0.15, -0.1) is 0 Å². The Hall–Kier alpha value is -0.0400. The predicted molar refractivity (Wildman–Crippen MR) is 70.8 cm³/mol. The molecule has 0 spiro atoms. The van der Waals surface area contributed by atoms with Gasteiger partial charge in [-0.25, -0.2) is 0 Å². The van der Waals surface area contributed by atoms with Gasteiger partial charge < -0.3 is 5.32 Å². The van der Waals surface area contributed by atoms with Crippen LogP contribution < -0.4 is 5.32 Å². The lowest BCUT2D eigenvalue weighted by molar-refractivity contribution is -0.0748. The van der Waals surface area contributed by atoms with Crippen molar-refractivity contribution < 1.29 is 0 Å². The van der Waals surface area contributed by atoms with Crippen LogP contribution in [0.1, 0.15) is 57.8 Å². The summed E-state index contributed by atoms with van der Waals surface area (Å²) in [5.74, 6) is 4.41. The molecule has 0 aromatic carbocycles. The van der Waals surface area contributed by atoms with Crippen LogP contribution >= 0.6 is 0 Å². The molecule has 5 saturated carbocycles. The van der Waals surface area contributed by atoms with Gasteiger partial charge in [-0.2, -0.15) is 0 Å². The van der Waals surface area contributed by atoms with Crippen LogP contribution in [0, 0.1) is 29.1 Å². The maximum absolute atomic E-state index is 3.73. The standard InChI is InChI=1S/C16H27N/c1-17-15(7-11-2-3-11)16-8-12-4-13(9-16)6-14(5-12)10-16/h11-15,17H,2-10H2,1H3. The molecular formula is C16H27N. The van der Waals surface area contributed by atoms with Crippen molar-refractivity contribution in [2.24, 2.45) is 29.1 Å². The Bertz CT molecular complexity index is 269. The summed E-state index contributed by atoms with van der Waals surface area (Å²) >= 11 is 0. The SMILES string of the molecule is CNC(CC1CC1)C12CC3CC(CC(C3)C1)C2. The van der Waals surface area contributed by atoms with E-state index in [0.717, 1.165) is 35.1 Å². The highest BCUT2D eigenvalue weighted by atomic mass is 14.9. The Morgan fingerprint density at radius 1 is 1.00 bits per heavy atom. The van der Waals surface area contributed by atoms with E-state index < -0.39 is 0 Å². The number of rotatable bonds is 4. The maximum Gasteiger partial charge on any atom is 0.0123 e. The van der Waals surface area contributed by atoms with Gasteiger partial charge in [-0.1, -0.05) is 12.8 Å². The average molecular weight is 233 g/mol. The summed E-state index contributed by atoms with van der Waals surface area (Å²) in [4.78, 5) is 0. The van der Waals surface area contributed by atoms with Crippen molar-refractivity contribution in [1.29, 1.82) is 0 Å². The summed E-state index contributed by atoms with van der Waals surface area (Å²) in [6.45, 7) is 0. The lowest BCUT2D eigenvalue weighted by Gasteiger charge is -2.59. The van der Waals surface area contributed by atoms with Crippen molar-refractivity contribution in [3.8, 4) is 0 Å². The van der Waals surface area contributed by atoms with E-state index in [-0.39, 0.29) is 0 Å². The molecule has 1 N–H and O–H groups in total. The fraction of sp³-hybridized carbons (Fsp3) is 1.00. The van der Waals surface area contributed by atoms with Gasteiger partial charge in [-0.3, -0.25) is 0 Å². The van der Waals surface area contributed by atoms with Gasteiger partial charge >= 0.3 is 0 Å². The predicted octanol–water partition coefficient (Wildman–Crippen LogP) is 3.59. The van der Waals surface area contributed by atoms with E-state index in [1.807, 2.05) is 0 Å². The quantitative estimate of drug-likeness (QED) is 0.782. The molecule has 17 heavy (non-hydrogen) atoms. The van der Waals surface area contributed by atoms with Crippen molar-refractivity contribution in [3.63, 3.8) is 0 Å². The maximum atomic E-state index is 3.73. The highest BCUT2D eigenvalue weighted by Gasteiger charge is 2.54. The topological polar surface area (TPSA) is 12.0 Å². The fourth-order valence-electron chi connectivity index (χ4n) is 5.97. The molecule has 0 aliphatic heterocycles. The van der Waals surface area contributed by atoms with E-state index in [2.05, 4.69) is 12.4 Å². The molecule has 1 nitrogen and oxygen atoms in total. The zero-order valence-electron chi connectivity index (χ0n) is 11.3. The zero-order chi connectivity index (χ0) is 11.5. The highest BCUT2D eigenvalue weighted by molar-refractivity contribution is 5.06. The molecule has 96 valence electrons. The van der Waals surface area contributed by atoms with Crippen LogP contribution in [0.5, 0.6) is 0 Å².